The molecule has 7 heteroatoms. The van der Waals surface area contributed by atoms with Gasteiger partial charge in [0, 0.05) is 16.3 Å². The highest BCUT2D eigenvalue weighted by Gasteiger charge is 2.13. The van der Waals surface area contributed by atoms with Crippen molar-refractivity contribution < 1.29 is 14.3 Å². The molecule has 0 heterocycles. The summed E-state index contributed by atoms with van der Waals surface area (Å²) in [5, 5.41) is 6.75. The molecule has 0 radical (unpaired) electrons. The second kappa shape index (κ2) is 8.84. The Morgan fingerprint density at radius 3 is 2.68 bits per heavy atom. The number of hydrogen-bond donors (Lipinski definition) is 2. The summed E-state index contributed by atoms with van der Waals surface area (Å²) in [4.78, 5) is 23.7. The van der Waals surface area contributed by atoms with Gasteiger partial charge in [0.15, 0.2) is 0 Å². The van der Waals surface area contributed by atoms with E-state index in [4.69, 9.17) is 16.3 Å². The molecule has 0 aliphatic rings. The standard InChI is InChI=1S/C18H18ClN3O3/c1-3-25-16-7-5-4-6-13(16)11-20-22-18(24)17(23)21-14-9-8-12(2)15(19)10-14/h4-11H,3H2,1-2H3,(H,21,23)(H,22,24)/b20-11+. The number of carbonyl (C=O) groups is 2. The van der Waals surface area contributed by atoms with Gasteiger partial charge in [-0.25, -0.2) is 5.43 Å². The van der Waals surface area contributed by atoms with Crippen LogP contribution >= 0.6 is 11.6 Å². The van der Waals surface area contributed by atoms with Crippen LogP contribution in [-0.2, 0) is 9.59 Å². The van der Waals surface area contributed by atoms with E-state index in [0.29, 0.717) is 28.6 Å². The second-order valence-electron chi connectivity index (χ2n) is 5.09. The molecule has 6 nitrogen and oxygen atoms in total. The fourth-order valence-corrected chi connectivity index (χ4v) is 2.12. The van der Waals surface area contributed by atoms with Crippen molar-refractivity contribution in [2.24, 2.45) is 5.10 Å². The number of para-hydroxylation sites is 1. The lowest BCUT2D eigenvalue weighted by Gasteiger charge is -2.06. The Hall–Kier alpha value is -2.86. The van der Waals surface area contributed by atoms with Gasteiger partial charge < -0.3 is 10.1 Å². The van der Waals surface area contributed by atoms with E-state index in [0.717, 1.165) is 5.56 Å². The summed E-state index contributed by atoms with van der Waals surface area (Å²) >= 11 is 5.98. The number of rotatable bonds is 5. The van der Waals surface area contributed by atoms with E-state index in [1.54, 1.807) is 30.3 Å². The molecule has 2 aromatic rings. The number of aryl methyl sites for hydroxylation is 1. The molecule has 2 rings (SSSR count). The molecule has 0 saturated carbocycles. The van der Waals surface area contributed by atoms with E-state index in [2.05, 4.69) is 15.8 Å². The highest BCUT2D eigenvalue weighted by atomic mass is 35.5. The minimum atomic E-state index is -0.887. The van der Waals surface area contributed by atoms with Crippen molar-refractivity contribution in [1.82, 2.24) is 5.43 Å². The van der Waals surface area contributed by atoms with Gasteiger partial charge in [-0.2, -0.15) is 5.10 Å². The highest BCUT2D eigenvalue weighted by molar-refractivity contribution is 6.39. The SMILES string of the molecule is CCOc1ccccc1/C=N/NC(=O)C(=O)Nc1ccc(C)c(Cl)c1. The number of anilines is 1. The first-order valence-corrected chi connectivity index (χ1v) is 8.01. The van der Waals surface area contributed by atoms with E-state index in [1.165, 1.54) is 6.21 Å². The Morgan fingerprint density at radius 2 is 1.96 bits per heavy atom. The van der Waals surface area contributed by atoms with Gasteiger partial charge >= 0.3 is 11.8 Å². The van der Waals surface area contributed by atoms with Crippen molar-refractivity contribution >= 4 is 35.3 Å². The molecule has 0 fully saturated rings. The lowest BCUT2D eigenvalue weighted by Crippen LogP contribution is -2.32. The van der Waals surface area contributed by atoms with E-state index >= 15 is 0 Å². The van der Waals surface area contributed by atoms with Crippen LogP contribution in [0.2, 0.25) is 5.02 Å². The monoisotopic (exact) mass is 359 g/mol. The van der Waals surface area contributed by atoms with Crippen LogP contribution in [0.25, 0.3) is 0 Å². The fraction of sp³-hybridized carbons (Fsp3) is 0.167. The van der Waals surface area contributed by atoms with E-state index in [9.17, 15) is 9.59 Å². The van der Waals surface area contributed by atoms with Crippen LogP contribution in [-0.4, -0.2) is 24.6 Å². The zero-order valence-electron chi connectivity index (χ0n) is 13.9. The maximum absolute atomic E-state index is 11.9. The molecular weight excluding hydrogens is 342 g/mol. The Morgan fingerprint density at radius 1 is 1.20 bits per heavy atom. The lowest BCUT2D eigenvalue weighted by molar-refractivity contribution is -0.136. The van der Waals surface area contributed by atoms with Crippen LogP contribution in [0.4, 0.5) is 5.69 Å². The Labute approximate surface area is 150 Å². The Balaban J connectivity index is 1.95. The average molecular weight is 360 g/mol. The third-order valence-corrected chi connectivity index (χ3v) is 3.63. The number of hydrogen-bond acceptors (Lipinski definition) is 4. The summed E-state index contributed by atoms with van der Waals surface area (Å²) < 4.78 is 5.45. The van der Waals surface area contributed by atoms with Gasteiger partial charge in [0.25, 0.3) is 0 Å². The first-order valence-electron chi connectivity index (χ1n) is 7.63. The normalized spacial score (nSPS) is 10.5. The minimum absolute atomic E-state index is 0.432. The smallest absolute Gasteiger partial charge is 0.329 e. The number of halogens is 1. The number of hydrazone groups is 1. The molecule has 0 spiro atoms. The fourth-order valence-electron chi connectivity index (χ4n) is 1.94. The van der Waals surface area contributed by atoms with Gasteiger partial charge in [0.1, 0.15) is 5.75 Å². The largest absolute Gasteiger partial charge is 0.493 e. The van der Waals surface area contributed by atoms with Crippen molar-refractivity contribution in [3.63, 3.8) is 0 Å². The second-order valence-corrected chi connectivity index (χ2v) is 5.50. The molecule has 2 amide bonds. The highest BCUT2D eigenvalue weighted by Crippen LogP contribution is 2.19. The van der Waals surface area contributed by atoms with Crippen molar-refractivity contribution in [3.05, 3.63) is 58.6 Å². The Bertz CT molecular complexity index is 806. The maximum Gasteiger partial charge on any atom is 0.329 e. The maximum atomic E-state index is 11.9. The quantitative estimate of drug-likeness (QED) is 0.489. The molecule has 2 aromatic carbocycles. The molecule has 2 N–H and O–H groups in total. The summed E-state index contributed by atoms with van der Waals surface area (Å²) in [6.45, 7) is 4.23. The predicted octanol–water partition coefficient (Wildman–Crippen LogP) is 3.14. The Kier molecular flexibility index (Phi) is 6.54. The number of amides is 2. The molecule has 25 heavy (non-hydrogen) atoms. The molecule has 0 saturated heterocycles. The van der Waals surface area contributed by atoms with E-state index in [1.807, 2.05) is 26.0 Å². The van der Waals surface area contributed by atoms with Crippen molar-refractivity contribution in [3.8, 4) is 5.75 Å². The van der Waals surface area contributed by atoms with Crippen molar-refractivity contribution in [1.29, 1.82) is 0 Å². The minimum Gasteiger partial charge on any atom is -0.493 e. The van der Waals surface area contributed by atoms with Crippen LogP contribution in [0.1, 0.15) is 18.1 Å². The summed E-state index contributed by atoms with van der Waals surface area (Å²) in [6.07, 6.45) is 1.42. The van der Waals surface area contributed by atoms with Crippen molar-refractivity contribution in [2.45, 2.75) is 13.8 Å². The number of benzene rings is 2. The van der Waals surface area contributed by atoms with Gasteiger partial charge in [0.05, 0.1) is 12.8 Å². The molecule has 0 aromatic heterocycles. The van der Waals surface area contributed by atoms with Gasteiger partial charge in [-0.05, 0) is 43.7 Å². The molecule has 0 atom stereocenters. The van der Waals surface area contributed by atoms with Crippen LogP contribution in [0.5, 0.6) is 5.75 Å². The molecular formula is C18H18ClN3O3. The molecule has 0 aliphatic heterocycles. The lowest BCUT2D eigenvalue weighted by atomic mass is 10.2. The molecule has 130 valence electrons. The van der Waals surface area contributed by atoms with Crippen LogP contribution in [0.3, 0.4) is 0 Å². The van der Waals surface area contributed by atoms with Gasteiger partial charge in [-0.15, -0.1) is 0 Å². The summed E-state index contributed by atoms with van der Waals surface area (Å²) in [6, 6.07) is 12.2. The number of ether oxygens (including phenoxy) is 1. The average Bonchev–Trinajstić information content (AvgIpc) is 2.59. The summed E-state index contributed by atoms with van der Waals surface area (Å²) in [5.41, 5.74) is 4.18. The van der Waals surface area contributed by atoms with Crippen LogP contribution in [0, 0.1) is 6.92 Å². The molecule has 0 bridgehead atoms. The first kappa shape index (κ1) is 18.5. The number of carbonyl (C=O) groups excluding carboxylic acids is 2. The van der Waals surface area contributed by atoms with Crippen molar-refractivity contribution in [2.75, 3.05) is 11.9 Å². The van der Waals surface area contributed by atoms with Gasteiger partial charge in [0.2, 0.25) is 0 Å². The van der Waals surface area contributed by atoms with E-state index in [-0.39, 0.29) is 0 Å². The molecule has 0 unspecified atom stereocenters. The third-order valence-electron chi connectivity index (χ3n) is 3.22. The van der Waals surface area contributed by atoms with Crippen LogP contribution in [0.15, 0.2) is 47.6 Å². The third kappa shape index (κ3) is 5.32. The van der Waals surface area contributed by atoms with Crippen LogP contribution < -0.4 is 15.5 Å². The predicted molar refractivity (Wildman–Crippen MR) is 98.2 cm³/mol. The topological polar surface area (TPSA) is 79.8 Å². The zero-order valence-corrected chi connectivity index (χ0v) is 14.6. The van der Waals surface area contributed by atoms with Gasteiger partial charge in [-0.3, -0.25) is 9.59 Å². The number of nitrogens with one attached hydrogen (secondary N) is 2. The van der Waals surface area contributed by atoms with E-state index < -0.39 is 11.8 Å². The summed E-state index contributed by atoms with van der Waals surface area (Å²) in [5.74, 6) is -1.08. The van der Waals surface area contributed by atoms with Gasteiger partial charge in [-0.1, -0.05) is 29.8 Å². The summed E-state index contributed by atoms with van der Waals surface area (Å²) in [7, 11) is 0. The number of nitrogens with zero attached hydrogens (tertiary/aromatic N) is 1. The first-order chi connectivity index (χ1) is 12.0. The zero-order chi connectivity index (χ0) is 18.2. The molecule has 0 aliphatic carbocycles.